The van der Waals surface area contributed by atoms with Crippen LogP contribution < -0.4 is 10.9 Å². The van der Waals surface area contributed by atoms with Crippen molar-refractivity contribution in [3.05, 3.63) is 82.6 Å². The van der Waals surface area contributed by atoms with Gasteiger partial charge < -0.3 is 19.1 Å². The van der Waals surface area contributed by atoms with E-state index in [2.05, 4.69) is 5.32 Å². The lowest BCUT2D eigenvalue weighted by molar-refractivity contribution is -0.127. The molecule has 0 saturated carbocycles. The van der Waals surface area contributed by atoms with Crippen LogP contribution in [0.2, 0.25) is 0 Å². The number of fused-ring (bicyclic) bond motifs is 4. The molecular formula is C23H23N3O5. The summed E-state index contributed by atoms with van der Waals surface area (Å²) in [6, 6.07) is 9.75. The summed E-state index contributed by atoms with van der Waals surface area (Å²) in [5.74, 6) is 0.326. The van der Waals surface area contributed by atoms with Gasteiger partial charge in [-0.25, -0.2) is 0 Å². The van der Waals surface area contributed by atoms with Gasteiger partial charge in [0.15, 0.2) is 0 Å². The Morgan fingerprint density at radius 1 is 1.10 bits per heavy atom. The van der Waals surface area contributed by atoms with Crippen molar-refractivity contribution in [2.75, 3.05) is 19.6 Å². The summed E-state index contributed by atoms with van der Waals surface area (Å²) in [7, 11) is 0. The van der Waals surface area contributed by atoms with E-state index in [4.69, 9.17) is 8.83 Å². The zero-order chi connectivity index (χ0) is 21.4. The molecule has 0 aliphatic carbocycles. The van der Waals surface area contributed by atoms with Crippen LogP contribution in [0.4, 0.5) is 0 Å². The maximum Gasteiger partial charge on any atom is 0.257 e. The lowest BCUT2D eigenvalue weighted by atomic mass is 9.78. The van der Waals surface area contributed by atoms with Crippen molar-refractivity contribution >= 4 is 11.8 Å². The number of piperidine rings is 1. The zero-order valence-electron chi connectivity index (χ0n) is 16.9. The van der Waals surface area contributed by atoms with E-state index < -0.39 is 6.04 Å². The van der Waals surface area contributed by atoms with Gasteiger partial charge in [-0.3, -0.25) is 19.0 Å². The Morgan fingerprint density at radius 2 is 2.00 bits per heavy atom. The number of likely N-dealkylation sites (tertiary alicyclic amines) is 1. The Morgan fingerprint density at radius 3 is 2.77 bits per heavy atom. The summed E-state index contributed by atoms with van der Waals surface area (Å²) in [5, 5.41) is 2.96. The number of carbonyl (C=O) groups is 2. The van der Waals surface area contributed by atoms with Gasteiger partial charge in [-0.1, -0.05) is 6.07 Å². The molecule has 8 nitrogen and oxygen atoms in total. The largest absolute Gasteiger partial charge is 0.472 e. The minimum Gasteiger partial charge on any atom is -0.472 e. The van der Waals surface area contributed by atoms with Gasteiger partial charge >= 0.3 is 0 Å². The fourth-order valence-corrected chi connectivity index (χ4v) is 4.87. The monoisotopic (exact) mass is 421 g/mol. The van der Waals surface area contributed by atoms with Gasteiger partial charge in [0.25, 0.3) is 11.5 Å². The maximum absolute atomic E-state index is 13.2. The minimum atomic E-state index is -0.656. The first-order valence-electron chi connectivity index (χ1n) is 10.4. The average molecular weight is 421 g/mol. The first kappa shape index (κ1) is 19.4. The Kier molecular flexibility index (Phi) is 4.97. The van der Waals surface area contributed by atoms with E-state index in [9.17, 15) is 14.4 Å². The summed E-state index contributed by atoms with van der Waals surface area (Å²) < 4.78 is 12.0. The van der Waals surface area contributed by atoms with E-state index in [1.807, 2.05) is 18.2 Å². The molecule has 2 aliphatic heterocycles. The zero-order valence-corrected chi connectivity index (χ0v) is 16.9. The lowest BCUT2D eigenvalue weighted by Crippen LogP contribution is -2.54. The van der Waals surface area contributed by atoms with Crippen molar-refractivity contribution in [1.82, 2.24) is 14.8 Å². The van der Waals surface area contributed by atoms with Gasteiger partial charge in [0.2, 0.25) is 5.91 Å². The molecule has 1 saturated heterocycles. The highest BCUT2D eigenvalue weighted by Gasteiger charge is 2.44. The molecule has 0 spiro atoms. The molecule has 2 amide bonds. The average Bonchev–Trinajstić information content (AvgIpc) is 3.48. The number of nitrogens with one attached hydrogen (secondary N) is 1. The van der Waals surface area contributed by atoms with Crippen LogP contribution in [-0.2, 0) is 11.2 Å². The normalized spacial score (nSPS) is 22.1. The van der Waals surface area contributed by atoms with Crippen molar-refractivity contribution in [2.45, 2.75) is 24.8 Å². The summed E-state index contributed by atoms with van der Waals surface area (Å²) in [6.07, 6.45) is 5.84. The number of furan rings is 2. The molecule has 2 aliphatic rings. The number of hydrogen-bond donors (Lipinski definition) is 1. The topological polar surface area (TPSA) is 97.7 Å². The molecule has 1 N–H and O–H groups in total. The van der Waals surface area contributed by atoms with Crippen molar-refractivity contribution in [2.24, 2.45) is 5.92 Å². The third-order valence-electron chi connectivity index (χ3n) is 6.22. The first-order chi connectivity index (χ1) is 15.1. The second-order valence-corrected chi connectivity index (χ2v) is 8.14. The SMILES string of the molecule is O=C(NCCc1ccco1)[C@H]1[C@H]2C[C@H](CN(C(=O)c3ccoc3)C2)c2cccc(=O)n21. The van der Waals surface area contributed by atoms with E-state index >= 15 is 0 Å². The minimum absolute atomic E-state index is 0.00988. The van der Waals surface area contributed by atoms with Gasteiger partial charge in [-0.05, 0) is 30.7 Å². The first-order valence-corrected chi connectivity index (χ1v) is 10.4. The Hall–Kier alpha value is -3.55. The molecule has 3 aromatic rings. The van der Waals surface area contributed by atoms with Crippen LogP contribution >= 0.6 is 0 Å². The third kappa shape index (κ3) is 3.58. The van der Waals surface area contributed by atoms with Crippen LogP contribution in [0.1, 0.15) is 40.2 Å². The second-order valence-electron chi connectivity index (χ2n) is 8.14. The van der Waals surface area contributed by atoms with Crippen LogP contribution in [-0.4, -0.2) is 40.9 Å². The lowest BCUT2D eigenvalue weighted by Gasteiger charge is -2.46. The number of aromatic nitrogens is 1. The van der Waals surface area contributed by atoms with Gasteiger partial charge in [0.05, 0.1) is 18.1 Å². The van der Waals surface area contributed by atoms with Crippen molar-refractivity contribution < 1.29 is 18.4 Å². The summed E-state index contributed by atoms with van der Waals surface area (Å²) >= 11 is 0. The summed E-state index contributed by atoms with van der Waals surface area (Å²) in [5.41, 5.74) is 1.11. The van der Waals surface area contributed by atoms with Crippen LogP contribution in [0.5, 0.6) is 0 Å². The molecule has 5 heterocycles. The van der Waals surface area contributed by atoms with Crippen molar-refractivity contribution in [3.8, 4) is 0 Å². The highest BCUT2D eigenvalue weighted by Crippen LogP contribution is 2.41. The van der Waals surface area contributed by atoms with E-state index in [1.165, 1.54) is 18.6 Å². The standard InChI is InChI=1S/C23H23N3O5/c27-20-5-1-4-19-16-11-17(13-25(12-16)23(29)15-7-10-30-14-15)21(26(19)20)22(28)24-8-6-18-3-2-9-31-18/h1-5,7,9-10,14,16-17,21H,6,8,11-13H2,(H,24,28)/t16-,17+,21-/m1/s1. The quantitative estimate of drug-likeness (QED) is 0.681. The van der Waals surface area contributed by atoms with Crippen LogP contribution in [0, 0.1) is 5.92 Å². The van der Waals surface area contributed by atoms with E-state index in [1.54, 1.807) is 27.9 Å². The summed E-state index contributed by atoms with van der Waals surface area (Å²) in [6.45, 7) is 1.34. The molecule has 1 fully saturated rings. The fraction of sp³-hybridized carbons (Fsp3) is 0.348. The van der Waals surface area contributed by atoms with Gasteiger partial charge in [-0.15, -0.1) is 0 Å². The van der Waals surface area contributed by atoms with Crippen LogP contribution in [0.25, 0.3) is 0 Å². The number of nitrogens with zero attached hydrogens (tertiary/aromatic N) is 2. The Balaban J connectivity index is 1.41. The molecular weight excluding hydrogens is 398 g/mol. The fourth-order valence-electron chi connectivity index (χ4n) is 4.87. The van der Waals surface area contributed by atoms with Gasteiger partial charge in [0.1, 0.15) is 18.1 Å². The predicted molar refractivity (Wildman–Crippen MR) is 111 cm³/mol. The van der Waals surface area contributed by atoms with Crippen LogP contribution in [0.15, 0.2) is 68.8 Å². The van der Waals surface area contributed by atoms with Crippen molar-refractivity contribution in [3.63, 3.8) is 0 Å². The van der Waals surface area contributed by atoms with Crippen molar-refractivity contribution in [1.29, 1.82) is 0 Å². The number of pyridine rings is 1. The van der Waals surface area contributed by atoms with E-state index in [0.29, 0.717) is 31.6 Å². The number of rotatable bonds is 5. The number of carbonyl (C=O) groups excluding carboxylic acids is 2. The molecule has 0 aromatic carbocycles. The van der Waals surface area contributed by atoms with Gasteiger partial charge in [-0.2, -0.15) is 0 Å². The molecule has 160 valence electrons. The highest BCUT2D eigenvalue weighted by atomic mass is 16.3. The predicted octanol–water partition coefficient (Wildman–Crippen LogP) is 2.19. The highest BCUT2D eigenvalue weighted by molar-refractivity contribution is 5.94. The smallest absolute Gasteiger partial charge is 0.257 e. The molecule has 8 heteroatoms. The molecule has 0 radical (unpaired) electrons. The Bertz CT molecular complexity index is 1130. The molecule has 2 bridgehead atoms. The molecule has 5 rings (SSSR count). The molecule has 0 unspecified atom stereocenters. The van der Waals surface area contributed by atoms with E-state index in [-0.39, 0.29) is 29.2 Å². The number of amides is 2. The third-order valence-corrected chi connectivity index (χ3v) is 6.22. The molecule has 31 heavy (non-hydrogen) atoms. The Labute approximate surface area is 178 Å². The maximum atomic E-state index is 13.2. The number of hydrogen-bond acceptors (Lipinski definition) is 5. The summed E-state index contributed by atoms with van der Waals surface area (Å²) in [4.78, 5) is 40.7. The van der Waals surface area contributed by atoms with Gasteiger partial charge in [0, 0.05) is 49.7 Å². The molecule has 3 atom stereocenters. The molecule has 3 aromatic heterocycles. The second kappa shape index (κ2) is 7.94. The van der Waals surface area contributed by atoms with Crippen LogP contribution in [0.3, 0.4) is 0 Å². The van der Waals surface area contributed by atoms with E-state index in [0.717, 1.165) is 17.9 Å².